The first-order valence-corrected chi connectivity index (χ1v) is 9.14. The third kappa shape index (κ3) is 4.07. The van der Waals surface area contributed by atoms with E-state index in [2.05, 4.69) is 4.72 Å². The molecule has 27 heavy (non-hydrogen) atoms. The molecule has 2 aromatic carbocycles. The zero-order valence-electron chi connectivity index (χ0n) is 14.8. The molecule has 0 bridgehead atoms. The molecule has 0 fully saturated rings. The highest BCUT2D eigenvalue weighted by Gasteiger charge is 2.42. The summed E-state index contributed by atoms with van der Waals surface area (Å²) < 4.78 is 37.7. The van der Waals surface area contributed by atoms with Crippen molar-refractivity contribution in [2.24, 2.45) is 0 Å². The highest BCUT2D eigenvalue weighted by molar-refractivity contribution is 7.89. The normalized spacial score (nSPS) is 13.4. The number of ether oxygens (including phenoxy) is 2. The van der Waals surface area contributed by atoms with Crippen LogP contribution in [-0.2, 0) is 25.1 Å². The number of rotatable bonds is 7. The first-order chi connectivity index (χ1) is 12.7. The van der Waals surface area contributed by atoms with Gasteiger partial charge in [0.1, 0.15) is 5.75 Å². The zero-order chi connectivity index (χ0) is 20.2. The molecule has 0 aliphatic carbocycles. The molecule has 2 aromatic rings. The summed E-state index contributed by atoms with van der Waals surface area (Å²) >= 11 is 0. The second kappa shape index (κ2) is 7.72. The molecular weight excluding hydrogens is 376 g/mol. The van der Waals surface area contributed by atoms with Gasteiger partial charge in [0.25, 0.3) is 5.69 Å². The molecule has 0 unspecified atom stereocenters. The molecule has 0 aromatic heterocycles. The molecule has 0 spiro atoms. The van der Waals surface area contributed by atoms with Gasteiger partial charge in [-0.3, -0.25) is 10.1 Å². The van der Waals surface area contributed by atoms with Gasteiger partial charge in [-0.05, 0) is 30.7 Å². The number of nitro benzene ring substituents is 1. The molecule has 144 valence electrons. The number of nitrogens with one attached hydrogen (secondary N) is 1. The van der Waals surface area contributed by atoms with E-state index in [1.54, 1.807) is 12.1 Å². The summed E-state index contributed by atoms with van der Waals surface area (Å²) in [5, 5.41) is 11.2. The van der Waals surface area contributed by atoms with Crippen LogP contribution in [0.15, 0.2) is 53.4 Å². The van der Waals surface area contributed by atoms with Crippen LogP contribution in [0.4, 0.5) is 5.69 Å². The second-order valence-corrected chi connectivity index (χ2v) is 7.33. The quantitative estimate of drug-likeness (QED) is 0.432. The van der Waals surface area contributed by atoms with E-state index in [1.165, 1.54) is 38.3 Å². The largest absolute Gasteiger partial charge is 0.497 e. The van der Waals surface area contributed by atoms with Crippen molar-refractivity contribution in [1.82, 2.24) is 4.72 Å². The van der Waals surface area contributed by atoms with Gasteiger partial charge in [0.05, 0.1) is 19.1 Å². The molecule has 10 heteroatoms. The molecule has 0 radical (unpaired) electrons. The summed E-state index contributed by atoms with van der Waals surface area (Å²) in [6.07, 6.45) is 0. The van der Waals surface area contributed by atoms with E-state index in [0.29, 0.717) is 5.75 Å². The van der Waals surface area contributed by atoms with Crippen molar-refractivity contribution >= 4 is 21.7 Å². The monoisotopic (exact) mass is 394 g/mol. The van der Waals surface area contributed by atoms with Gasteiger partial charge in [0.2, 0.25) is 10.0 Å². The van der Waals surface area contributed by atoms with E-state index in [-0.39, 0.29) is 5.56 Å². The van der Waals surface area contributed by atoms with Gasteiger partial charge in [-0.25, -0.2) is 13.2 Å². The fourth-order valence-corrected chi connectivity index (χ4v) is 4.03. The number of benzene rings is 2. The van der Waals surface area contributed by atoms with Crippen molar-refractivity contribution < 1.29 is 27.6 Å². The van der Waals surface area contributed by atoms with Crippen LogP contribution in [-0.4, -0.2) is 33.5 Å². The third-order valence-corrected chi connectivity index (χ3v) is 5.55. The maximum atomic E-state index is 12.8. The number of carbonyl (C=O) groups is 1. The topological polar surface area (TPSA) is 125 Å². The average molecular weight is 394 g/mol. The smallest absolute Gasteiger partial charge is 0.331 e. The van der Waals surface area contributed by atoms with Crippen LogP contribution in [0.3, 0.4) is 0 Å². The van der Waals surface area contributed by atoms with E-state index in [0.717, 1.165) is 19.2 Å². The van der Waals surface area contributed by atoms with Gasteiger partial charge < -0.3 is 9.47 Å². The number of methoxy groups -OCH3 is 2. The fourth-order valence-electron chi connectivity index (χ4n) is 2.51. The van der Waals surface area contributed by atoms with Gasteiger partial charge in [-0.15, -0.1) is 0 Å². The lowest BCUT2D eigenvalue weighted by Gasteiger charge is -2.28. The molecule has 0 amide bonds. The molecule has 1 N–H and O–H groups in total. The Morgan fingerprint density at radius 1 is 1.11 bits per heavy atom. The Balaban J connectivity index is 2.56. The van der Waals surface area contributed by atoms with Crippen molar-refractivity contribution in [2.75, 3.05) is 14.2 Å². The lowest BCUT2D eigenvalue weighted by atomic mass is 9.93. The molecule has 0 aliphatic rings. The number of nitro groups is 1. The van der Waals surface area contributed by atoms with Crippen molar-refractivity contribution in [3.63, 3.8) is 0 Å². The minimum Gasteiger partial charge on any atom is -0.497 e. The van der Waals surface area contributed by atoms with Gasteiger partial charge >= 0.3 is 5.97 Å². The summed E-state index contributed by atoms with van der Waals surface area (Å²) in [4.78, 5) is 22.2. The Labute approximate surface area is 156 Å². The SMILES string of the molecule is COC(=O)[C@](C)(NS(=O)(=O)c1ccccc1[N+](=O)[O-])c1ccc(OC)cc1. The zero-order valence-corrected chi connectivity index (χ0v) is 15.6. The van der Waals surface area contributed by atoms with Crippen LogP contribution in [0.5, 0.6) is 5.75 Å². The summed E-state index contributed by atoms with van der Waals surface area (Å²) in [6, 6.07) is 11.0. The molecule has 0 heterocycles. The number of nitrogens with zero attached hydrogens (tertiary/aromatic N) is 1. The Kier molecular flexibility index (Phi) is 5.82. The lowest BCUT2D eigenvalue weighted by molar-refractivity contribution is -0.387. The van der Waals surface area contributed by atoms with Crippen molar-refractivity contribution in [1.29, 1.82) is 0 Å². The highest BCUT2D eigenvalue weighted by atomic mass is 32.2. The molecule has 0 saturated carbocycles. The fraction of sp³-hybridized carbons (Fsp3) is 0.235. The minimum absolute atomic E-state index is 0.275. The molecule has 9 nitrogen and oxygen atoms in total. The Morgan fingerprint density at radius 3 is 2.22 bits per heavy atom. The number of sulfonamides is 1. The highest BCUT2D eigenvalue weighted by Crippen LogP contribution is 2.29. The number of hydrogen-bond acceptors (Lipinski definition) is 7. The molecule has 0 saturated heterocycles. The summed E-state index contributed by atoms with van der Waals surface area (Å²) in [6.45, 7) is 1.31. The van der Waals surface area contributed by atoms with E-state index in [9.17, 15) is 23.3 Å². The van der Waals surface area contributed by atoms with Gasteiger partial charge in [0.15, 0.2) is 10.4 Å². The molecule has 1 atom stereocenters. The Morgan fingerprint density at radius 2 is 1.70 bits per heavy atom. The summed E-state index contributed by atoms with van der Waals surface area (Å²) in [5.41, 5.74) is -2.15. The van der Waals surface area contributed by atoms with Gasteiger partial charge in [-0.1, -0.05) is 24.3 Å². The van der Waals surface area contributed by atoms with E-state index in [1.807, 2.05) is 0 Å². The van der Waals surface area contributed by atoms with Crippen LogP contribution in [0.2, 0.25) is 0 Å². The number of esters is 1. The van der Waals surface area contributed by atoms with E-state index < -0.39 is 37.0 Å². The van der Waals surface area contributed by atoms with E-state index in [4.69, 9.17) is 9.47 Å². The van der Waals surface area contributed by atoms with Crippen LogP contribution in [0.25, 0.3) is 0 Å². The third-order valence-electron chi connectivity index (χ3n) is 3.95. The summed E-state index contributed by atoms with van der Waals surface area (Å²) in [5.74, 6) is -0.373. The van der Waals surface area contributed by atoms with Gasteiger partial charge in [0, 0.05) is 6.07 Å². The predicted octanol–water partition coefficient (Wildman–Crippen LogP) is 1.97. The standard InChI is InChI=1S/C17H18N2O7S/c1-17(16(20)26-3,12-8-10-13(25-2)11-9-12)18-27(23,24)15-7-5-4-6-14(15)19(21)22/h4-11,18H,1-3H3/t17-/m1/s1. The summed E-state index contributed by atoms with van der Waals surface area (Å²) in [7, 11) is -1.86. The number of hydrogen-bond donors (Lipinski definition) is 1. The predicted molar refractivity (Wildman–Crippen MR) is 95.8 cm³/mol. The molecule has 0 aliphatic heterocycles. The number of para-hydroxylation sites is 1. The van der Waals surface area contributed by atoms with Crippen LogP contribution in [0, 0.1) is 10.1 Å². The van der Waals surface area contributed by atoms with Crippen molar-refractivity contribution in [3.8, 4) is 5.75 Å². The molecular formula is C17H18N2O7S. The van der Waals surface area contributed by atoms with Crippen molar-refractivity contribution in [3.05, 3.63) is 64.2 Å². The van der Waals surface area contributed by atoms with Crippen LogP contribution < -0.4 is 9.46 Å². The molecule has 2 rings (SSSR count). The van der Waals surface area contributed by atoms with Gasteiger partial charge in [-0.2, -0.15) is 4.72 Å². The Hall–Kier alpha value is -2.98. The van der Waals surface area contributed by atoms with Crippen LogP contribution in [0.1, 0.15) is 12.5 Å². The second-order valence-electron chi connectivity index (χ2n) is 5.68. The average Bonchev–Trinajstić information content (AvgIpc) is 2.66. The maximum absolute atomic E-state index is 12.8. The van der Waals surface area contributed by atoms with E-state index >= 15 is 0 Å². The first kappa shape index (κ1) is 20.3. The Bertz CT molecular complexity index is 958. The van der Waals surface area contributed by atoms with Crippen molar-refractivity contribution in [2.45, 2.75) is 17.4 Å². The minimum atomic E-state index is -4.44. The first-order valence-electron chi connectivity index (χ1n) is 7.66. The lowest BCUT2D eigenvalue weighted by Crippen LogP contribution is -2.50. The van der Waals surface area contributed by atoms with Crippen LogP contribution >= 0.6 is 0 Å². The maximum Gasteiger partial charge on any atom is 0.331 e. The number of carbonyl (C=O) groups excluding carboxylic acids is 1.